The zero-order chi connectivity index (χ0) is 16.0. The summed E-state index contributed by atoms with van der Waals surface area (Å²) in [5.74, 6) is -0.813. The molecule has 1 unspecified atom stereocenters. The third kappa shape index (κ3) is 5.61. The highest BCUT2D eigenvalue weighted by atomic mass is 16.4. The first-order valence-electron chi connectivity index (χ1n) is 7.45. The monoisotopic (exact) mass is 299 g/mol. The molecule has 0 aromatic carbocycles. The van der Waals surface area contributed by atoms with Crippen molar-refractivity contribution in [3.8, 4) is 0 Å². The van der Waals surface area contributed by atoms with E-state index in [0.29, 0.717) is 25.6 Å². The number of carboxylic acid groups (broad SMARTS) is 1. The molecule has 1 rings (SSSR count). The highest BCUT2D eigenvalue weighted by Crippen LogP contribution is 2.29. The Labute approximate surface area is 125 Å². The summed E-state index contributed by atoms with van der Waals surface area (Å²) < 4.78 is 0. The molecule has 0 bridgehead atoms. The first-order chi connectivity index (χ1) is 9.88. The number of nitrogens with one attached hydrogen (secondary N) is 1. The van der Waals surface area contributed by atoms with Crippen LogP contribution in [0.25, 0.3) is 0 Å². The third-order valence-corrected chi connectivity index (χ3v) is 3.57. The van der Waals surface area contributed by atoms with Gasteiger partial charge in [-0.3, -0.25) is 9.59 Å². The fourth-order valence-electron chi connectivity index (χ4n) is 2.14. The summed E-state index contributed by atoms with van der Waals surface area (Å²) in [6.07, 6.45) is 2.05. The Hall–Kier alpha value is -1.79. The van der Waals surface area contributed by atoms with Crippen molar-refractivity contribution in [2.24, 2.45) is 5.92 Å². The fourth-order valence-corrected chi connectivity index (χ4v) is 2.14. The molecule has 1 fully saturated rings. The molecule has 21 heavy (non-hydrogen) atoms. The smallest absolute Gasteiger partial charge is 0.323 e. The number of carboxylic acids is 1. The summed E-state index contributed by atoms with van der Waals surface area (Å²) in [5.41, 5.74) is 0. The van der Waals surface area contributed by atoms with E-state index in [1.807, 2.05) is 13.8 Å². The van der Waals surface area contributed by atoms with Crippen LogP contribution in [0.3, 0.4) is 0 Å². The van der Waals surface area contributed by atoms with Crippen LogP contribution in [0, 0.1) is 5.92 Å². The van der Waals surface area contributed by atoms with Crippen LogP contribution < -0.4 is 5.32 Å². The maximum Gasteiger partial charge on any atom is 0.323 e. The van der Waals surface area contributed by atoms with Crippen molar-refractivity contribution in [3.05, 3.63) is 0 Å². The van der Waals surface area contributed by atoms with Crippen LogP contribution in [-0.2, 0) is 9.59 Å². The third-order valence-electron chi connectivity index (χ3n) is 3.57. The second-order valence-electron chi connectivity index (χ2n) is 5.40. The van der Waals surface area contributed by atoms with Gasteiger partial charge < -0.3 is 20.2 Å². The molecule has 0 aliphatic heterocycles. The van der Waals surface area contributed by atoms with E-state index in [2.05, 4.69) is 5.32 Å². The SMILES string of the molecule is CCN(CC)C(=O)C(C)NC(=O)N(CC(=O)O)CC1CC1. The number of nitrogens with zero attached hydrogens (tertiary/aromatic N) is 2. The standard InChI is InChI=1S/C14H25N3O4/c1-4-16(5-2)13(20)10(3)15-14(21)17(9-12(18)19)8-11-6-7-11/h10-11H,4-9H2,1-3H3,(H,15,21)(H,18,19). The molecule has 0 aromatic heterocycles. The van der Waals surface area contributed by atoms with E-state index < -0.39 is 18.0 Å². The van der Waals surface area contributed by atoms with Crippen LogP contribution in [-0.4, -0.2) is 65.0 Å². The van der Waals surface area contributed by atoms with Gasteiger partial charge in [-0.2, -0.15) is 0 Å². The second kappa shape index (κ2) is 7.85. The molecule has 120 valence electrons. The molecule has 1 aliphatic rings. The topological polar surface area (TPSA) is 90.0 Å². The number of rotatable bonds is 8. The van der Waals surface area contributed by atoms with Crippen LogP contribution in [0.4, 0.5) is 4.79 Å². The van der Waals surface area contributed by atoms with Gasteiger partial charge in [-0.25, -0.2) is 4.79 Å². The lowest BCUT2D eigenvalue weighted by molar-refractivity contribution is -0.137. The minimum Gasteiger partial charge on any atom is -0.480 e. The zero-order valence-electron chi connectivity index (χ0n) is 13.0. The van der Waals surface area contributed by atoms with Gasteiger partial charge in [0, 0.05) is 19.6 Å². The van der Waals surface area contributed by atoms with E-state index in [0.717, 1.165) is 12.8 Å². The van der Waals surface area contributed by atoms with E-state index >= 15 is 0 Å². The van der Waals surface area contributed by atoms with Crippen molar-refractivity contribution in [2.75, 3.05) is 26.2 Å². The van der Waals surface area contributed by atoms with Gasteiger partial charge in [0.15, 0.2) is 0 Å². The average molecular weight is 299 g/mol. The van der Waals surface area contributed by atoms with Crippen molar-refractivity contribution in [2.45, 2.75) is 39.7 Å². The van der Waals surface area contributed by atoms with Crippen LogP contribution in [0.1, 0.15) is 33.6 Å². The molecule has 7 heteroatoms. The maximum absolute atomic E-state index is 12.1. The van der Waals surface area contributed by atoms with Crippen LogP contribution in [0.5, 0.6) is 0 Å². The Morgan fingerprint density at radius 1 is 1.19 bits per heavy atom. The van der Waals surface area contributed by atoms with Crippen LogP contribution >= 0.6 is 0 Å². The van der Waals surface area contributed by atoms with E-state index in [4.69, 9.17) is 5.11 Å². The summed E-state index contributed by atoms with van der Waals surface area (Å²) in [7, 11) is 0. The average Bonchev–Trinajstić information content (AvgIpc) is 3.22. The highest BCUT2D eigenvalue weighted by molar-refractivity contribution is 5.87. The van der Waals surface area contributed by atoms with E-state index in [9.17, 15) is 14.4 Å². The Morgan fingerprint density at radius 3 is 2.19 bits per heavy atom. The number of likely N-dealkylation sites (N-methyl/N-ethyl adjacent to an activating group) is 1. The van der Waals surface area contributed by atoms with Crippen LogP contribution in [0.2, 0.25) is 0 Å². The Morgan fingerprint density at radius 2 is 1.76 bits per heavy atom. The molecule has 0 saturated heterocycles. The van der Waals surface area contributed by atoms with Gasteiger partial charge in [-0.15, -0.1) is 0 Å². The lowest BCUT2D eigenvalue weighted by atomic mass is 10.3. The first kappa shape index (κ1) is 17.3. The lowest BCUT2D eigenvalue weighted by Gasteiger charge is -2.26. The Balaban J connectivity index is 2.57. The molecular formula is C14H25N3O4. The predicted molar refractivity (Wildman–Crippen MR) is 77.9 cm³/mol. The van der Waals surface area contributed by atoms with Crippen molar-refractivity contribution >= 4 is 17.9 Å². The van der Waals surface area contributed by atoms with Gasteiger partial charge in [-0.1, -0.05) is 0 Å². The van der Waals surface area contributed by atoms with E-state index in [-0.39, 0.29) is 12.5 Å². The number of hydrogen-bond acceptors (Lipinski definition) is 3. The molecule has 0 radical (unpaired) electrons. The van der Waals surface area contributed by atoms with Gasteiger partial charge >= 0.3 is 12.0 Å². The molecule has 0 heterocycles. The number of aliphatic carboxylic acids is 1. The van der Waals surface area contributed by atoms with Gasteiger partial charge in [0.1, 0.15) is 12.6 Å². The predicted octanol–water partition coefficient (Wildman–Crippen LogP) is 0.750. The minimum absolute atomic E-state index is 0.157. The molecular weight excluding hydrogens is 274 g/mol. The maximum atomic E-state index is 12.1. The van der Waals surface area contributed by atoms with E-state index in [1.165, 1.54) is 4.90 Å². The Bertz CT molecular complexity index is 392. The van der Waals surface area contributed by atoms with E-state index in [1.54, 1.807) is 11.8 Å². The van der Waals surface area contributed by atoms with Gasteiger partial charge in [0.05, 0.1) is 0 Å². The molecule has 3 amide bonds. The summed E-state index contributed by atoms with van der Waals surface area (Å²) in [4.78, 5) is 38.0. The Kier molecular flexibility index (Phi) is 6.45. The quantitative estimate of drug-likeness (QED) is 0.692. The highest BCUT2D eigenvalue weighted by Gasteiger charge is 2.29. The molecule has 1 aliphatic carbocycles. The number of hydrogen-bond donors (Lipinski definition) is 2. The number of urea groups is 1. The summed E-state index contributed by atoms with van der Waals surface area (Å²) in [6, 6.07) is -1.15. The second-order valence-corrected chi connectivity index (χ2v) is 5.40. The normalized spacial score (nSPS) is 15.2. The molecule has 1 saturated carbocycles. The van der Waals surface area contributed by atoms with Crippen molar-refractivity contribution in [1.82, 2.24) is 15.1 Å². The first-order valence-corrected chi connectivity index (χ1v) is 7.45. The lowest BCUT2D eigenvalue weighted by Crippen LogP contribution is -2.52. The summed E-state index contributed by atoms with van der Waals surface area (Å²) in [6.45, 7) is 6.62. The van der Waals surface area contributed by atoms with Gasteiger partial charge in [-0.05, 0) is 39.5 Å². The molecule has 1 atom stereocenters. The van der Waals surface area contributed by atoms with Crippen molar-refractivity contribution in [1.29, 1.82) is 0 Å². The number of carbonyl (C=O) groups is 3. The largest absolute Gasteiger partial charge is 0.480 e. The molecule has 2 N–H and O–H groups in total. The molecule has 7 nitrogen and oxygen atoms in total. The number of carbonyl (C=O) groups excluding carboxylic acids is 2. The van der Waals surface area contributed by atoms with Crippen molar-refractivity contribution in [3.63, 3.8) is 0 Å². The van der Waals surface area contributed by atoms with Gasteiger partial charge in [0.25, 0.3) is 0 Å². The van der Waals surface area contributed by atoms with Crippen LogP contribution in [0.15, 0.2) is 0 Å². The molecule has 0 spiro atoms. The van der Waals surface area contributed by atoms with Gasteiger partial charge in [0.2, 0.25) is 5.91 Å². The summed E-state index contributed by atoms with van der Waals surface area (Å²) >= 11 is 0. The summed E-state index contributed by atoms with van der Waals surface area (Å²) in [5, 5.41) is 11.5. The zero-order valence-corrected chi connectivity index (χ0v) is 13.0. The molecule has 0 aromatic rings. The number of amides is 3. The minimum atomic E-state index is -1.05. The fraction of sp³-hybridized carbons (Fsp3) is 0.786. The van der Waals surface area contributed by atoms with Crippen molar-refractivity contribution < 1.29 is 19.5 Å².